The van der Waals surface area contributed by atoms with Crippen molar-refractivity contribution in [3.63, 3.8) is 0 Å². The number of nitrogens with zero attached hydrogens (tertiary/aromatic N) is 1. The van der Waals surface area contributed by atoms with Crippen molar-refractivity contribution >= 4 is 46.6 Å². The molecule has 5 nitrogen and oxygen atoms in total. The molecule has 144 valence electrons. The standard InChI is InChI=1S/C21H19ClN2O3S/c1-3-26-18-10-13-8-12(2)27-19(13)11-14(18)9-16-20(25)24(21(28)23-16)17-7-5-4-6-15(17)22/h4-7,9-12H,3,8H2,1-2H3,(H,23,28)/b16-9-/t12-/m1/s1. The highest BCUT2D eigenvalue weighted by Gasteiger charge is 2.33. The molecule has 1 amide bonds. The highest BCUT2D eigenvalue weighted by atomic mass is 35.5. The van der Waals surface area contributed by atoms with E-state index in [0.717, 1.165) is 23.3 Å². The number of para-hydroxylation sites is 1. The number of carbonyl (C=O) groups excluding carboxylic acids is 1. The van der Waals surface area contributed by atoms with Gasteiger partial charge in [-0.05, 0) is 56.4 Å². The lowest BCUT2D eigenvalue weighted by atomic mass is 10.1. The van der Waals surface area contributed by atoms with Gasteiger partial charge in [0.15, 0.2) is 5.11 Å². The normalized spacial score (nSPS) is 19.6. The first-order valence-corrected chi connectivity index (χ1v) is 9.84. The lowest BCUT2D eigenvalue weighted by Crippen LogP contribution is -2.30. The first kappa shape index (κ1) is 18.8. The van der Waals surface area contributed by atoms with Crippen LogP contribution in [0.1, 0.15) is 25.0 Å². The number of nitrogens with one attached hydrogen (secondary N) is 1. The van der Waals surface area contributed by atoms with Crippen molar-refractivity contribution in [1.82, 2.24) is 5.32 Å². The Morgan fingerprint density at radius 1 is 1.39 bits per heavy atom. The van der Waals surface area contributed by atoms with Crippen LogP contribution in [-0.4, -0.2) is 23.7 Å². The largest absolute Gasteiger partial charge is 0.493 e. The van der Waals surface area contributed by atoms with Crippen molar-refractivity contribution in [1.29, 1.82) is 0 Å². The molecule has 0 bridgehead atoms. The van der Waals surface area contributed by atoms with Gasteiger partial charge in [0, 0.05) is 17.5 Å². The predicted molar refractivity (Wildman–Crippen MR) is 114 cm³/mol. The first-order valence-electron chi connectivity index (χ1n) is 9.06. The van der Waals surface area contributed by atoms with Crippen molar-refractivity contribution in [3.05, 3.63) is 58.2 Å². The Balaban J connectivity index is 1.72. The van der Waals surface area contributed by atoms with Gasteiger partial charge < -0.3 is 14.8 Å². The van der Waals surface area contributed by atoms with Crippen molar-refractivity contribution < 1.29 is 14.3 Å². The lowest BCUT2D eigenvalue weighted by Gasteiger charge is -2.15. The number of hydrogen-bond donors (Lipinski definition) is 1. The van der Waals surface area contributed by atoms with E-state index in [2.05, 4.69) is 5.32 Å². The molecule has 1 atom stereocenters. The Morgan fingerprint density at radius 2 is 2.18 bits per heavy atom. The zero-order valence-electron chi connectivity index (χ0n) is 15.5. The molecule has 0 spiro atoms. The fourth-order valence-corrected chi connectivity index (χ4v) is 3.90. The number of anilines is 1. The van der Waals surface area contributed by atoms with Gasteiger partial charge in [-0.3, -0.25) is 9.69 Å². The number of thiocarbonyl (C=S) groups is 1. The molecule has 2 aliphatic rings. The van der Waals surface area contributed by atoms with Crippen LogP contribution in [0.15, 0.2) is 42.1 Å². The number of benzene rings is 2. The summed E-state index contributed by atoms with van der Waals surface area (Å²) in [5.74, 6) is 1.26. The highest BCUT2D eigenvalue weighted by Crippen LogP contribution is 2.37. The molecule has 0 aromatic heterocycles. The number of amides is 1. The quantitative estimate of drug-likeness (QED) is 0.596. The van der Waals surface area contributed by atoms with Crippen LogP contribution in [0.4, 0.5) is 5.69 Å². The SMILES string of the molecule is CCOc1cc2c(cc1/C=C1\NC(=S)N(c3ccccc3Cl)C1=O)O[C@H](C)C2. The van der Waals surface area contributed by atoms with Gasteiger partial charge in [0.1, 0.15) is 23.3 Å². The van der Waals surface area contributed by atoms with Crippen molar-refractivity contribution in [2.75, 3.05) is 11.5 Å². The molecule has 1 fully saturated rings. The minimum Gasteiger partial charge on any atom is -0.493 e. The van der Waals surface area contributed by atoms with E-state index in [1.165, 1.54) is 4.90 Å². The number of carbonyl (C=O) groups is 1. The second-order valence-corrected chi connectivity index (χ2v) is 7.44. The zero-order valence-corrected chi connectivity index (χ0v) is 17.1. The van der Waals surface area contributed by atoms with E-state index in [1.54, 1.807) is 24.3 Å². The molecule has 0 radical (unpaired) electrons. The summed E-state index contributed by atoms with van der Waals surface area (Å²) in [5.41, 5.74) is 2.77. The molecule has 7 heteroatoms. The highest BCUT2D eigenvalue weighted by molar-refractivity contribution is 7.80. The van der Waals surface area contributed by atoms with Crippen molar-refractivity contribution in [2.24, 2.45) is 0 Å². The minimum atomic E-state index is -0.268. The molecular weight excluding hydrogens is 396 g/mol. The van der Waals surface area contributed by atoms with Crippen LogP contribution in [-0.2, 0) is 11.2 Å². The Hall–Kier alpha value is -2.57. The summed E-state index contributed by atoms with van der Waals surface area (Å²) in [7, 11) is 0. The van der Waals surface area contributed by atoms with E-state index in [-0.39, 0.29) is 17.1 Å². The molecule has 2 aliphatic heterocycles. The lowest BCUT2D eigenvalue weighted by molar-refractivity contribution is -0.113. The third kappa shape index (κ3) is 3.34. The molecule has 2 heterocycles. The summed E-state index contributed by atoms with van der Waals surface area (Å²) < 4.78 is 11.6. The zero-order chi connectivity index (χ0) is 19.8. The predicted octanol–water partition coefficient (Wildman–Crippen LogP) is 4.32. The van der Waals surface area contributed by atoms with E-state index < -0.39 is 0 Å². The number of rotatable bonds is 4. The monoisotopic (exact) mass is 414 g/mol. The molecule has 2 aromatic carbocycles. The average Bonchev–Trinajstić information content (AvgIpc) is 3.14. The maximum absolute atomic E-state index is 13.0. The van der Waals surface area contributed by atoms with Gasteiger partial charge in [0.25, 0.3) is 5.91 Å². The van der Waals surface area contributed by atoms with Gasteiger partial charge in [-0.15, -0.1) is 0 Å². The van der Waals surface area contributed by atoms with E-state index in [9.17, 15) is 4.79 Å². The summed E-state index contributed by atoms with van der Waals surface area (Å²) in [6.07, 6.45) is 2.71. The van der Waals surface area contributed by atoms with Gasteiger partial charge in [-0.25, -0.2) is 0 Å². The molecule has 0 saturated carbocycles. The summed E-state index contributed by atoms with van der Waals surface area (Å²) in [5, 5.41) is 3.73. The summed E-state index contributed by atoms with van der Waals surface area (Å²) in [6.45, 7) is 4.48. The van der Waals surface area contributed by atoms with Crippen LogP contribution >= 0.6 is 23.8 Å². The summed E-state index contributed by atoms with van der Waals surface area (Å²) in [4.78, 5) is 14.4. The van der Waals surface area contributed by atoms with Gasteiger partial charge in [-0.2, -0.15) is 0 Å². The Labute approximate surface area is 173 Å². The molecule has 4 rings (SSSR count). The maximum atomic E-state index is 13.0. The summed E-state index contributed by atoms with van der Waals surface area (Å²) in [6, 6.07) is 11.0. The van der Waals surface area contributed by atoms with Crippen LogP contribution in [0.3, 0.4) is 0 Å². The topological polar surface area (TPSA) is 50.8 Å². The molecular formula is C21H19ClN2O3S. The van der Waals surface area contributed by atoms with Crippen molar-refractivity contribution in [3.8, 4) is 11.5 Å². The third-order valence-electron chi connectivity index (χ3n) is 4.60. The summed E-state index contributed by atoms with van der Waals surface area (Å²) >= 11 is 11.6. The fraction of sp³-hybridized carbons (Fsp3) is 0.238. The van der Waals surface area contributed by atoms with E-state index >= 15 is 0 Å². The second kappa shape index (κ2) is 7.45. The number of halogens is 1. The Morgan fingerprint density at radius 3 is 2.93 bits per heavy atom. The smallest absolute Gasteiger partial charge is 0.281 e. The van der Waals surface area contributed by atoms with Crippen LogP contribution in [0.5, 0.6) is 11.5 Å². The van der Waals surface area contributed by atoms with Crippen LogP contribution in [0, 0.1) is 0 Å². The first-order chi connectivity index (χ1) is 13.5. The number of ether oxygens (including phenoxy) is 2. The molecule has 0 unspecified atom stereocenters. The minimum absolute atomic E-state index is 0.127. The van der Waals surface area contributed by atoms with Gasteiger partial charge >= 0.3 is 0 Å². The Bertz CT molecular complexity index is 1010. The van der Waals surface area contributed by atoms with Crippen LogP contribution in [0.25, 0.3) is 6.08 Å². The van der Waals surface area contributed by atoms with Gasteiger partial charge in [-0.1, -0.05) is 23.7 Å². The molecule has 1 saturated heterocycles. The van der Waals surface area contributed by atoms with Crippen LogP contribution < -0.4 is 19.7 Å². The number of hydrogen-bond acceptors (Lipinski definition) is 4. The second-order valence-electron chi connectivity index (χ2n) is 6.64. The molecule has 2 aromatic rings. The Kier molecular flexibility index (Phi) is 5.00. The number of fused-ring (bicyclic) bond motifs is 1. The molecule has 28 heavy (non-hydrogen) atoms. The van der Waals surface area contributed by atoms with E-state index in [4.69, 9.17) is 33.3 Å². The maximum Gasteiger partial charge on any atom is 0.281 e. The third-order valence-corrected chi connectivity index (χ3v) is 5.20. The molecule has 1 N–H and O–H groups in total. The van der Waals surface area contributed by atoms with Crippen molar-refractivity contribution in [2.45, 2.75) is 26.4 Å². The van der Waals surface area contributed by atoms with E-state index in [0.29, 0.717) is 28.8 Å². The molecule has 0 aliphatic carbocycles. The van der Waals surface area contributed by atoms with Gasteiger partial charge in [0.05, 0.1) is 17.3 Å². The van der Waals surface area contributed by atoms with Gasteiger partial charge in [0.2, 0.25) is 0 Å². The van der Waals surface area contributed by atoms with E-state index in [1.807, 2.05) is 32.0 Å². The van der Waals surface area contributed by atoms with Crippen LogP contribution in [0.2, 0.25) is 5.02 Å². The average molecular weight is 415 g/mol. The fourth-order valence-electron chi connectivity index (χ4n) is 3.39.